The van der Waals surface area contributed by atoms with Crippen molar-refractivity contribution in [2.45, 2.75) is 12.5 Å². The Morgan fingerprint density at radius 1 is 1.48 bits per heavy atom. The van der Waals surface area contributed by atoms with Crippen LogP contribution in [0.25, 0.3) is 10.8 Å². The van der Waals surface area contributed by atoms with Gasteiger partial charge in [0.2, 0.25) is 0 Å². The van der Waals surface area contributed by atoms with Gasteiger partial charge in [-0.05, 0) is 12.1 Å². The van der Waals surface area contributed by atoms with Gasteiger partial charge in [-0.1, -0.05) is 0 Å². The minimum Gasteiger partial charge on any atom is -0.480 e. The molecule has 1 heterocycles. The Bertz CT molecular complexity index is 751. The number of aliphatic carboxylic acids is 1. The van der Waals surface area contributed by atoms with Crippen LogP contribution in [0.1, 0.15) is 6.42 Å². The number of terminal acetylenes is 1. The molecule has 0 amide bonds. The van der Waals surface area contributed by atoms with E-state index in [2.05, 4.69) is 16.2 Å². The number of carboxylic acid groups (broad SMARTS) is 1. The van der Waals surface area contributed by atoms with Crippen molar-refractivity contribution >= 4 is 28.1 Å². The fraction of sp³-hybridized carbons (Fsp3) is 0.143. The Morgan fingerprint density at radius 3 is 2.86 bits per heavy atom. The molecule has 0 radical (unpaired) electrons. The molecule has 0 bridgehead atoms. The van der Waals surface area contributed by atoms with Crippen LogP contribution in [0.3, 0.4) is 0 Å². The van der Waals surface area contributed by atoms with Gasteiger partial charge < -0.3 is 10.4 Å². The molecule has 21 heavy (non-hydrogen) atoms. The van der Waals surface area contributed by atoms with Crippen LogP contribution in [0.15, 0.2) is 30.6 Å². The number of anilines is 1. The third-order valence-corrected chi connectivity index (χ3v) is 2.94. The van der Waals surface area contributed by atoms with Crippen molar-refractivity contribution in [3.8, 4) is 12.3 Å². The normalized spacial score (nSPS) is 11.6. The van der Waals surface area contributed by atoms with Crippen LogP contribution in [0.2, 0.25) is 0 Å². The van der Waals surface area contributed by atoms with E-state index in [9.17, 15) is 14.9 Å². The number of hydrogen-bond donors (Lipinski definition) is 2. The first-order valence-electron chi connectivity index (χ1n) is 5.98. The topological polar surface area (TPSA) is 105 Å². The van der Waals surface area contributed by atoms with Gasteiger partial charge >= 0.3 is 5.97 Å². The lowest BCUT2D eigenvalue weighted by Crippen LogP contribution is -2.28. The van der Waals surface area contributed by atoms with Gasteiger partial charge in [0.05, 0.1) is 10.3 Å². The molecule has 1 unspecified atom stereocenters. The van der Waals surface area contributed by atoms with E-state index in [0.29, 0.717) is 16.5 Å². The molecule has 0 aliphatic rings. The van der Waals surface area contributed by atoms with Crippen LogP contribution in [0.5, 0.6) is 0 Å². The predicted molar refractivity (Wildman–Crippen MR) is 76.9 cm³/mol. The Labute approximate surface area is 119 Å². The largest absolute Gasteiger partial charge is 0.480 e. The Kier molecular flexibility index (Phi) is 4.00. The second kappa shape index (κ2) is 5.88. The van der Waals surface area contributed by atoms with Crippen molar-refractivity contribution < 1.29 is 14.8 Å². The molecule has 0 fully saturated rings. The Hall–Kier alpha value is -3.14. The van der Waals surface area contributed by atoms with E-state index < -0.39 is 16.9 Å². The maximum absolute atomic E-state index is 11.1. The predicted octanol–water partition coefficient (Wildman–Crippen LogP) is 2.03. The van der Waals surface area contributed by atoms with E-state index in [1.807, 2.05) is 0 Å². The zero-order chi connectivity index (χ0) is 15.4. The molecule has 7 nitrogen and oxygen atoms in total. The lowest BCUT2D eigenvalue weighted by atomic mass is 10.1. The Balaban J connectivity index is 2.51. The lowest BCUT2D eigenvalue weighted by Gasteiger charge is -2.15. The average molecular weight is 285 g/mol. The molecule has 1 aromatic heterocycles. The summed E-state index contributed by atoms with van der Waals surface area (Å²) >= 11 is 0. The zero-order valence-corrected chi connectivity index (χ0v) is 10.8. The van der Waals surface area contributed by atoms with E-state index in [0.717, 1.165) is 0 Å². The van der Waals surface area contributed by atoms with Gasteiger partial charge in [-0.15, -0.1) is 12.3 Å². The number of carbonyl (C=O) groups is 1. The summed E-state index contributed by atoms with van der Waals surface area (Å²) in [6, 6.07) is 3.31. The molecule has 0 aliphatic heterocycles. The molecule has 1 aromatic carbocycles. The summed E-state index contributed by atoms with van der Waals surface area (Å²) in [7, 11) is 0. The van der Waals surface area contributed by atoms with Gasteiger partial charge in [-0.2, -0.15) is 0 Å². The molecule has 0 aliphatic carbocycles. The van der Waals surface area contributed by atoms with Crippen LogP contribution in [-0.4, -0.2) is 27.0 Å². The highest BCUT2D eigenvalue weighted by atomic mass is 16.6. The van der Waals surface area contributed by atoms with Crippen molar-refractivity contribution in [1.29, 1.82) is 0 Å². The van der Waals surface area contributed by atoms with E-state index in [1.54, 1.807) is 0 Å². The maximum atomic E-state index is 11.1. The molecule has 2 N–H and O–H groups in total. The number of nitro groups is 1. The minimum atomic E-state index is -1.09. The number of nitrogens with zero attached hydrogens (tertiary/aromatic N) is 2. The van der Waals surface area contributed by atoms with Gasteiger partial charge in [0.15, 0.2) is 0 Å². The molecular weight excluding hydrogens is 274 g/mol. The molecule has 2 aromatic rings. The van der Waals surface area contributed by atoms with Crippen molar-refractivity contribution in [3.05, 3.63) is 40.7 Å². The van der Waals surface area contributed by atoms with Gasteiger partial charge in [0.1, 0.15) is 6.04 Å². The summed E-state index contributed by atoms with van der Waals surface area (Å²) in [6.07, 6.45) is 8.02. The molecule has 7 heteroatoms. The Morgan fingerprint density at radius 2 is 2.24 bits per heavy atom. The quantitative estimate of drug-likeness (QED) is 0.494. The van der Waals surface area contributed by atoms with Crippen LogP contribution in [-0.2, 0) is 4.79 Å². The first-order chi connectivity index (χ1) is 10.0. The fourth-order valence-corrected chi connectivity index (χ4v) is 1.96. The van der Waals surface area contributed by atoms with E-state index in [1.165, 1.54) is 30.6 Å². The summed E-state index contributed by atoms with van der Waals surface area (Å²) < 4.78 is 0. The lowest BCUT2D eigenvalue weighted by molar-refractivity contribution is -0.383. The second-order valence-corrected chi connectivity index (χ2v) is 4.25. The highest BCUT2D eigenvalue weighted by Gasteiger charge is 2.19. The van der Waals surface area contributed by atoms with E-state index >= 15 is 0 Å². The van der Waals surface area contributed by atoms with Crippen LogP contribution in [0, 0.1) is 22.5 Å². The molecule has 106 valence electrons. The number of rotatable bonds is 5. The summed E-state index contributed by atoms with van der Waals surface area (Å²) in [4.78, 5) is 25.6. The number of pyridine rings is 1. The standard InChI is InChI=1S/C14H11N3O4/c1-2-3-12(14(18)19)16-11-4-5-13(17(20)21)9-6-7-15-8-10(9)11/h1,4-8,12,16H,3H2,(H,18,19). The summed E-state index contributed by atoms with van der Waals surface area (Å²) in [5.74, 6) is 1.19. The number of nitrogens with one attached hydrogen (secondary N) is 1. The number of nitro benzene ring substituents is 1. The van der Waals surface area contributed by atoms with Gasteiger partial charge in [0, 0.05) is 36.0 Å². The highest BCUT2D eigenvalue weighted by molar-refractivity contribution is 6.00. The molecule has 1 atom stereocenters. The third kappa shape index (κ3) is 2.90. The highest BCUT2D eigenvalue weighted by Crippen LogP contribution is 2.31. The second-order valence-electron chi connectivity index (χ2n) is 4.25. The monoisotopic (exact) mass is 285 g/mol. The smallest absolute Gasteiger partial charge is 0.327 e. The summed E-state index contributed by atoms with van der Waals surface area (Å²) in [5.41, 5.74) is 0.369. The van der Waals surface area contributed by atoms with Crippen LogP contribution < -0.4 is 5.32 Å². The number of fused-ring (bicyclic) bond motifs is 1. The summed E-state index contributed by atoms with van der Waals surface area (Å²) in [5, 5.41) is 23.7. The molecule has 2 rings (SSSR count). The van der Waals surface area contributed by atoms with Gasteiger partial charge in [0.25, 0.3) is 5.69 Å². The average Bonchev–Trinajstić information content (AvgIpc) is 2.46. The van der Waals surface area contributed by atoms with E-state index in [4.69, 9.17) is 11.5 Å². The summed E-state index contributed by atoms with van der Waals surface area (Å²) in [6.45, 7) is 0. The number of benzene rings is 1. The van der Waals surface area contributed by atoms with Crippen molar-refractivity contribution in [1.82, 2.24) is 4.98 Å². The van der Waals surface area contributed by atoms with Crippen molar-refractivity contribution in [2.75, 3.05) is 5.32 Å². The zero-order valence-electron chi connectivity index (χ0n) is 10.8. The first kappa shape index (κ1) is 14.3. The first-order valence-corrected chi connectivity index (χ1v) is 5.98. The SMILES string of the molecule is C#CCC(Nc1ccc([N+](=O)[O-])c2ccncc12)C(=O)O. The third-order valence-electron chi connectivity index (χ3n) is 2.94. The molecule has 0 spiro atoms. The molecule has 0 saturated heterocycles. The minimum absolute atomic E-state index is 0.00588. The van der Waals surface area contributed by atoms with Crippen LogP contribution >= 0.6 is 0 Å². The molecule has 0 saturated carbocycles. The number of hydrogen-bond acceptors (Lipinski definition) is 5. The van der Waals surface area contributed by atoms with Crippen molar-refractivity contribution in [2.24, 2.45) is 0 Å². The number of non-ortho nitro benzene ring substituents is 1. The fourth-order valence-electron chi connectivity index (χ4n) is 1.96. The number of carboxylic acids is 1. The van der Waals surface area contributed by atoms with E-state index in [-0.39, 0.29) is 12.1 Å². The maximum Gasteiger partial charge on any atom is 0.327 e. The van der Waals surface area contributed by atoms with Gasteiger partial charge in [-0.25, -0.2) is 4.79 Å². The molecular formula is C14H11N3O4. The van der Waals surface area contributed by atoms with Gasteiger partial charge in [-0.3, -0.25) is 15.1 Å². The van der Waals surface area contributed by atoms with Crippen LogP contribution in [0.4, 0.5) is 11.4 Å². The number of aromatic nitrogens is 1. The van der Waals surface area contributed by atoms with Crippen molar-refractivity contribution in [3.63, 3.8) is 0 Å².